The average Bonchev–Trinajstić information content (AvgIpc) is 2.40. The van der Waals surface area contributed by atoms with Gasteiger partial charge in [-0.25, -0.2) is 0 Å². The Labute approximate surface area is 104 Å². The number of nitrogens with two attached hydrogens (primary N) is 1. The molecule has 2 N–H and O–H groups in total. The molecular weight excluding hydrogens is 210 g/mol. The van der Waals surface area contributed by atoms with E-state index in [0.717, 1.165) is 6.54 Å². The fraction of sp³-hybridized carbons (Fsp3) is 0.571. The Morgan fingerprint density at radius 1 is 1.06 bits per heavy atom. The van der Waals surface area contributed by atoms with Crippen LogP contribution in [0.4, 0.5) is 0 Å². The molecule has 0 saturated carbocycles. The SMILES string of the molecule is CCN1CCN(Cc2cccc(CN)c2)CC1. The minimum Gasteiger partial charge on any atom is -0.326 e. The van der Waals surface area contributed by atoms with Crippen molar-refractivity contribution < 1.29 is 0 Å². The van der Waals surface area contributed by atoms with Gasteiger partial charge in [-0.1, -0.05) is 31.2 Å². The van der Waals surface area contributed by atoms with Crippen molar-refractivity contribution in [2.75, 3.05) is 32.7 Å². The molecule has 0 aliphatic carbocycles. The van der Waals surface area contributed by atoms with Crippen LogP contribution in [-0.2, 0) is 13.1 Å². The number of likely N-dealkylation sites (N-methyl/N-ethyl adjacent to an activating group) is 1. The molecule has 1 saturated heterocycles. The average molecular weight is 233 g/mol. The van der Waals surface area contributed by atoms with E-state index in [-0.39, 0.29) is 0 Å². The number of hydrogen-bond acceptors (Lipinski definition) is 3. The second-order valence-electron chi connectivity index (χ2n) is 4.73. The minimum absolute atomic E-state index is 0.636. The molecule has 1 aromatic rings. The smallest absolute Gasteiger partial charge is 0.0234 e. The Hall–Kier alpha value is -0.900. The predicted octanol–water partition coefficient (Wildman–Crippen LogP) is 1.28. The molecular formula is C14H23N3. The van der Waals surface area contributed by atoms with Crippen molar-refractivity contribution in [2.45, 2.75) is 20.0 Å². The summed E-state index contributed by atoms with van der Waals surface area (Å²) in [4.78, 5) is 5.04. The number of benzene rings is 1. The zero-order valence-corrected chi connectivity index (χ0v) is 10.7. The topological polar surface area (TPSA) is 32.5 Å². The van der Waals surface area contributed by atoms with Gasteiger partial charge in [0.25, 0.3) is 0 Å². The third kappa shape index (κ3) is 3.53. The molecule has 94 valence electrons. The van der Waals surface area contributed by atoms with E-state index in [1.54, 1.807) is 0 Å². The van der Waals surface area contributed by atoms with Gasteiger partial charge in [-0.05, 0) is 17.7 Å². The van der Waals surface area contributed by atoms with Crippen LogP contribution in [0, 0.1) is 0 Å². The summed E-state index contributed by atoms with van der Waals surface area (Å²) in [7, 11) is 0. The Bertz CT molecular complexity index is 343. The molecule has 0 radical (unpaired) electrons. The summed E-state index contributed by atoms with van der Waals surface area (Å²) in [6.45, 7) is 9.88. The number of hydrogen-bond donors (Lipinski definition) is 1. The summed E-state index contributed by atoms with van der Waals surface area (Å²) in [6.07, 6.45) is 0. The lowest BCUT2D eigenvalue weighted by Crippen LogP contribution is -2.45. The zero-order valence-electron chi connectivity index (χ0n) is 10.7. The molecule has 0 bridgehead atoms. The van der Waals surface area contributed by atoms with Gasteiger partial charge in [0, 0.05) is 39.3 Å². The lowest BCUT2D eigenvalue weighted by atomic mass is 10.1. The number of nitrogens with zero attached hydrogens (tertiary/aromatic N) is 2. The van der Waals surface area contributed by atoms with Crippen LogP contribution in [-0.4, -0.2) is 42.5 Å². The van der Waals surface area contributed by atoms with Crippen molar-refractivity contribution >= 4 is 0 Å². The molecule has 2 rings (SSSR count). The molecule has 0 amide bonds. The van der Waals surface area contributed by atoms with E-state index < -0.39 is 0 Å². The van der Waals surface area contributed by atoms with Crippen LogP contribution in [0.25, 0.3) is 0 Å². The highest BCUT2D eigenvalue weighted by molar-refractivity contribution is 5.23. The lowest BCUT2D eigenvalue weighted by Gasteiger charge is -2.34. The third-order valence-corrected chi connectivity index (χ3v) is 3.55. The second-order valence-corrected chi connectivity index (χ2v) is 4.73. The van der Waals surface area contributed by atoms with Crippen LogP contribution < -0.4 is 5.73 Å². The summed E-state index contributed by atoms with van der Waals surface area (Å²) in [5, 5.41) is 0. The molecule has 3 nitrogen and oxygen atoms in total. The molecule has 17 heavy (non-hydrogen) atoms. The molecule has 1 aliphatic heterocycles. The molecule has 0 unspecified atom stereocenters. The maximum Gasteiger partial charge on any atom is 0.0234 e. The van der Waals surface area contributed by atoms with Crippen molar-refractivity contribution in [2.24, 2.45) is 5.73 Å². The van der Waals surface area contributed by atoms with Crippen molar-refractivity contribution in [1.29, 1.82) is 0 Å². The van der Waals surface area contributed by atoms with Gasteiger partial charge in [0.15, 0.2) is 0 Å². The van der Waals surface area contributed by atoms with E-state index in [9.17, 15) is 0 Å². The van der Waals surface area contributed by atoms with E-state index in [0.29, 0.717) is 6.54 Å². The van der Waals surface area contributed by atoms with Crippen molar-refractivity contribution in [3.8, 4) is 0 Å². The Kier molecular flexibility index (Phi) is 4.54. The van der Waals surface area contributed by atoms with Crippen molar-refractivity contribution in [3.05, 3.63) is 35.4 Å². The van der Waals surface area contributed by atoms with E-state index in [4.69, 9.17) is 5.73 Å². The van der Waals surface area contributed by atoms with Gasteiger partial charge in [0.1, 0.15) is 0 Å². The fourth-order valence-corrected chi connectivity index (χ4v) is 2.38. The molecule has 1 heterocycles. The lowest BCUT2D eigenvalue weighted by molar-refractivity contribution is 0.132. The quantitative estimate of drug-likeness (QED) is 0.850. The zero-order chi connectivity index (χ0) is 12.1. The third-order valence-electron chi connectivity index (χ3n) is 3.55. The highest BCUT2D eigenvalue weighted by Gasteiger charge is 2.15. The Balaban J connectivity index is 1.88. The first kappa shape index (κ1) is 12.6. The van der Waals surface area contributed by atoms with E-state index >= 15 is 0 Å². The van der Waals surface area contributed by atoms with Crippen LogP contribution in [0.15, 0.2) is 24.3 Å². The fourth-order valence-electron chi connectivity index (χ4n) is 2.38. The molecule has 1 fully saturated rings. The summed E-state index contributed by atoms with van der Waals surface area (Å²) in [5.41, 5.74) is 8.29. The van der Waals surface area contributed by atoms with Crippen LogP contribution in [0.5, 0.6) is 0 Å². The Morgan fingerprint density at radius 3 is 2.35 bits per heavy atom. The van der Waals surface area contributed by atoms with Crippen LogP contribution in [0.1, 0.15) is 18.1 Å². The van der Waals surface area contributed by atoms with E-state index in [1.165, 1.54) is 43.9 Å². The standard InChI is InChI=1S/C14H23N3/c1-2-16-6-8-17(9-7-16)12-14-5-3-4-13(10-14)11-15/h3-5,10H,2,6-9,11-12,15H2,1H3. The van der Waals surface area contributed by atoms with Gasteiger partial charge in [0.05, 0.1) is 0 Å². The largest absolute Gasteiger partial charge is 0.326 e. The second kappa shape index (κ2) is 6.15. The minimum atomic E-state index is 0.636. The van der Waals surface area contributed by atoms with Crippen LogP contribution in [0.2, 0.25) is 0 Å². The molecule has 3 heteroatoms. The van der Waals surface area contributed by atoms with Crippen molar-refractivity contribution in [1.82, 2.24) is 9.80 Å². The van der Waals surface area contributed by atoms with Crippen LogP contribution in [0.3, 0.4) is 0 Å². The van der Waals surface area contributed by atoms with Gasteiger partial charge >= 0.3 is 0 Å². The number of piperazine rings is 1. The summed E-state index contributed by atoms with van der Waals surface area (Å²) < 4.78 is 0. The van der Waals surface area contributed by atoms with Crippen LogP contribution >= 0.6 is 0 Å². The summed E-state index contributed by atoms with van der Waals surface area (Å²) in [6, 6.07) is 8.63. The molecule has 0 aromatic heterocycles. The van der Waals surface area contributed by atoms with Crippen molar-refractivity contribution in [3.63, 3.8) is 0 Å². The van der Waals surface area contributed by atoms with E-state index in [2.05, 4.69) is 41.0 Å². The molecule has 1 aliphatic rings. The Morgan fingerprint density at radius 2 is 1.71 bits per heavy atom. The van der Waals surface area contributed by atoms with Gasteiger partial charge in [0.2, 0.25) is 0 Å². The predicted molar refractivity (Wildman–Crippen MR) is 71.7 cm³/mol. The molecule has 1 aromatic carbocycles. The monoisotopic (exact) mass is 233 g/mol. The maximum atomic E-state index is 5.67. The van der Waals surface area contributed by atoms with Gasteiger partial charge < -0.3 is 10.6 Å². The summed E-state index contributed by atoms with van der Waals surface area (Å²) >= 11 is 0. The molecule has 0 atom stereocenters. The number of rotatable bonds is 4. The van der Waals surface area contributed by atoms with E-state index in [1.807, 2.05) is 0 Å². The van der Waals surface area contributed by atoms with Gasteiger partial charge in [-0.2, -0.15) is 0 Å². The first-order chi connectivity index (χ1) is 8.31. The highest BCUT2D eigenvalue weighted by atomic mass is 15.3. The summed E-state index contributed by atoms with van der Waals surface area (Å²) in [5.74, 6) is 0. The first-order valence-electron chi connectivity index (χ1n) is 6.54. The molecule has 0 spiro atoms. The first-order valence-corrected chi connectivity index (χ1v) is 6.54. The highest BCUT2D eigenvalue weighted by Crippen LogP contribution is 2.10. The maximum absolute atomic E-state index is 5.67. The van der Waals surface area contributed by atoms with Gasteiger partial charge in [-0.3, -0.25) is 4.90 Å². The van der Waals surface area contributed by atoms with Gasteiger partial charge in [-0.15, -0.1) is 0 Å². The normalized spacial score (nSPS) is 18.5.